The molecule has 6 heteroatoms. The normalized spacial score (nSPS) is 14.5. The molecule has 0 aliphatic carbocycles. The molecule has 53 heavy (non-hydrogen) atoms. The lowest BCUT2D eigenvalue weighted by molar-refractivity contribution is -0.137. The van der Waals surface area contributed by atoms with Crippen molar-refractivity contribution >= 4 is 76.5 Å². The van der Waals surface area contributed by atoms with Gasteiger partial charge in [-0.25, -0.2) is 0 Å². The van der Waals surface area contributed by atoms with Gasteiger partial charge in [0.05, 0.1) is 13.2 Å². The Balaban J connectivity index is 0.000000160. The van der Waals surface area contributed by atoms with Gasteiger partial charge >= 0.3 is 5.97 Å². The van der Waals surface area contributed by atoms with Crippen LogP contribution in [0.4, 0.5) is 0 Å². The first kappa shape index (κ1) is 34.8. The summed E-state index contributed by atoms with van der Waals surface area (Å²) in [4.78, 5) is 25.3. The molecule has 1 aliphatic heterocycles. The minimum Gasteiger partial charge on any atom is -0.481 e. The second-order valence-corrected chi connectivity index (χ2v) is 15.0. The lowest BCUT2D eigenvalue weighted by atomic mass is 9.80. The van der Waals surface area contributed by atoms with Gasteiger partial charge in [-0.15, -0.1) is 0 Å². The van der Waals surface area contributed by atoms with Gasteiger partial charge in [0.1, 0.15) is 0 Å². The number of carbonyl (C=O) groups is 2. The van der Waals surface area contributed by atoms with Gasteiger partial charge in [-0.1, -0.05) is 109 Å². The lowest BCUT2D eigenvalue weighted by Gasteiger charge is -2.39. The lowest BCUT2D eigenvalue weighted by Crippen LogP contribution is -2.46. The highest BCUT2D eigenvalue weighted by molar-refractivity contribution is 6.24. The Morgan fingerprint density at radius 2 is 0.925 bits per heavy atom. The standard InChI is InChI=1S/C27H29NO3.C20H16O2/c29-17-27(18-30)13-15-28(16-14-27)24(31)6-2-3-19-7-8-22-10-9-20-4-1-5-21-11-12-23(19)26(22)25(20)21;21-18(22)6-2-3-13-7-8-16-10-9-14-4-1-5-15-11-12-17(13)20(16)19(14)15/h1,4-5,7-12,29-30H,2-3,6,13-18H2;1,4-5,7-12H,2-3,6H2,(H,21,22). The fourth-order valence-electron chi connectivity index (χ4n) is 8.64. The molecule has 0 saturated carbocycles. The van der Waals surface area contributed by atoms with Gasteiger partial charge in [0, 0.05) is 31.3 Å². The van der Waals surface area contributed by atoms with Crippen LogP contribution in [0.15, 0.2) is 109 Å². The molecule has 8 aromatic carbocycles. The Morgan fingerprint density at radius 3 is 1.36 bits per heavy atom. The third-order valence-corrected chi connectivity index (χ3v) is 11.8. The molecule has 0 spiro atoms. The third-order valence-electron chi connectivity index (χ3n) is 11.8. The van der Waals surface area contributed by atoms with Crippen molar-refractivity contribution in [2.45, 2.75) is 51.4 Å². The van der Waals surface area contributed by atoms with E-state index in [0.717, 1.165) is 19.3 Å². The number of benzene rings is 8. The van der Waals surface area contributed by atoms with Gasteiger partial charge in [0.15, 0.2) is 0 Å². The van der Waals surface area contributed by atoms with Crippen molar-refractivity contribution in [3.05, 3.63) is 120 Å². The molecular weight excluding hydrogens is 659 g/mol. The number of aliphatic hydroxyl groups is 2. The molecule has 8 aromatic rings. The molecular formula is C47H45NO5. The predicted molar refractivity (Wildman–Crippen MR) is 216 cm³/mol. The highest BCUT2D eigenvalue weighted by Crippen LogP contribution is 2.38. The van der Waals surface area contributed by atoms with E-state index in [-0.39, 0.29) is 25.5 Å². The number of carboxylic acid groups (broad SMARTS) is 1. The van der Waals surface area contributed by atoms with Crippen LogP contribution in [0.2, 0.25) is 0 Å². The van der Waals surface area contributed by atoms with E-state index in [4.69, 9.17) is 5.11 Å². The maximum absolute atomic E-state index is 12.7. The van der Waals surface area contributed by atoms with Crippen molar-refractivity contribution in [1.82, 2.24) is 4.90 Å². The van der Waals surface area contributed by atoms with Crippen molar-refractivity contribution in [2.75, 3.05) is 26.3 Å². The number of aliphatic carboxylic acids is 1. The van der Waals surface area contributed by atoms with Crippen LogP contribution in [0.3, 0.4) is 0 Å². The van der Waals surface area contributed by atoms with Crippen LogP contribution in [0.1, 0.15) is 49.7 Å². The number of nitrogens with zero attached hydrogens (tertiary/aromatic N) is 1. The number of likely N-dealkylation sites (tertiary alicyclic amines) is 1. The molecule has 0 bridgehead atoms. The number of aliphatic hydroxyl groups excluding tert-OH is 2. The zero-order valence-corrected chi connectivity index (χ0v) is 30.0. The average Bonchev–Trinajstić information content (AvgIpc) is 3.20. The summed E-state index contributed by atoms with van der Waals surface area (Å²) in [6, 6.07) is 39.1. The Hall–Kier alpha value is -5.30. The summed E-state index contributed by atoms with van der Waals surface area (Å²) in [6.07, 6.45) is 5.28. The Labute approximate surface area is 308 Å². The number of aryl methyl sites for hydroxylation is 2. The predicted octanol–water partition coefficient (Wildman–Crippen LogP) is 9.49. The molecule has 1 fully saturated rings. The monoisotopic (exact) mass is 703 g/mol. The number of amides is 1. The van der Waals surface area contributed by atoms with Crippen molar-refractivity contribution in [1.29, 1.82) is 0 Å². The van der Waals surface area contributed by atoms with Gasteiger partial charge in [-0.2, -0.15) is 0 Å². The molecule has 1 saturated heterocycles. The van der Waals surface area contributed by atoms with Crippen molar-refractivity contribution < 1.29 is 24.9 Å². The zero-order valence-electron chi connectivity index (χ0n) is 30.0. The van der Waals surface area contributed by atoms with E-state index < -0.39 is 11.4 Å². The number of hydrogen-bond donors (Lipinski definition) is 3. The van der Waals surface area contributed by atoms with Crippen LogP contribution in [-0.2, 0) is 22.4 Å². The number of carbonyl (C=O) groups excluding carboxylic acids is 1. The van der Waals surface area contributed by atoms with Gasteiger partial charge in [0.2, 0.25) is 5.91 Å². The largest absolute Gasteiger partial charge is 0.481 e. The topological polar surface area (TPSA) is 98.1 Å². The van der Waals surface area contributed by atoms with Crippen molar-refractivity contribution in [3.8, 4) is 0 Å². The van der Waals surface area contributed by atoms with Crippen LogP contribution < -0.4 is 0 Å². The summed E-state index contributed by atoms with van der Waals surface area (Å²) in [7, 11) is 0. The average molecular weight is 704 g/mol. The molecule has 1 heterocycles. The number of piperidine rings is 1. The minimum absolute atomic E-state index is 0.0137. The maximum Gasteiger partial charge on any atom is 0.303 e. The smallest absolute Gasteiger partial charge is 0.303 e. The van der Waals surface area contributed by atoms with Gasteiger partial charge in [-0.05, 0) is 114 Å². The number of carboxylic acids is 1. The van der Waals surface area contributed by atoms with E-state index in [1.807, 2.05) is 4.90 Å². The van der Waals surface area contributed by atoms with E-state index in [0.29, 0.717) is 38.8 Å². The molecule has 3 N–H and O–H groups in total. The molecule has 0 aromatic heterocycles. The fraction of sp³-hybridized carbons (Fsp3) is 0.277. The van der Waals surface area contributed by atoms with E-state index in [1.165, 1.54) is 75.8 Å². The van der Waals surface area contributed by atoms with Crippen LogP contribution in [0, 0.1) is 5.41 Å². The van der Waals surface area contributed by atoms with Crippen LogP contribution >= 0.6 is 0 Å². The number of rotatable bonds is 10. The summed E-state index contributed by atoms with van der Waals surface area (Å²) < 4.78 is 0. The summed E-state index contributed by atoms with van der Waals surface area (Å²) in [5, 5.41) is 43.4. The molecule has 1 aliphatic rings. The van der Waals surface area contributed by atoms with Gasteiger partial charge in [-0.3, -0.25) is 9.59 Å². The first-order chi connectivity index (χ1) is 25.9. The molecule has 0 unspecified atom stereocenters. The maximum atomic E-state index is 12.7. The van der Waals surface area contributed by atoms with Crippen LogP contribution in [0.25, 0.3) is 64.6 Å². The Bertz CT molecular complexity index is 2530. The molecule has 6 nitrogen and oxygen atoms in total. The van der Waals surface area contributed by atoms with Crippen molar-refractivity contribution in [3.63, 3.8) is 0 Å². The highest BCUT2D eigenvalue weighted by Gasteiger charge is 2.34. The van der Waals surface area contributed by atoms with E-state index in [2.05, 4.69) is 109 Å². The van der Waals surface area contributed by atoms with Gasteiger partial charge < -0.3 is 20.2 Å². The molecule has 0 radical (unpaired) electrons. The van der Waals surface area contributed by atoms with E-state index in [1.54, 1.807) is 0 Å². The SMILES string of the molecule is O=C(CCCc1ccc2ccc3cccc4ccc1c2c34)N1CCC(CO)(CO)CC1.O=C(O)CCCc1ccc2ccc3cccc4ccc1c2c34. The summed E-state index contributed by atoms with van der Waals surface area (Å²) in [5.41, 5.74) is 2.13. The number of hydrogen-bond acceptors (Lipinski definition) is 4. The van der Waals surface area contributed by atoms with Crippen LogP contribution in [0.5, 0.6) is 0 Å². The second-order valence-electron chi connectivity index (χ2n) is 15.0. The quantitative estimate of drug-likeness (QED) is 0.123. The first-order valence-corrected chi connectivity index (χ1v) is 18.9. The van der Waals surface area contributed by atoms with E-state index in [9.17, 15) is 19.8 Å². The summed E-state index contributed by atoms with van der Waals surface area (Å²) >= 11 is 0. The summed E-state index contributed by atoms with van der Waals surface area (Å²) in [6.45, 7) is 1.22. The van der Waals surface area contributed by atoms with E-state index >= 15 is 0 Å². The van der Waals surface area contributed by atoms with Crippen LogP contribution in [-0.4, -0.2) is 58.4 Å². The minimum atomic E-state index is -0.724. The second kappa shape index (κ2) is 14.6. The Morgan fingerprint density at radius 1 is 0.528 bits per heavy atom. The van der Waals surface area contributed by atoms with Crippen molar-refractivity contribution in [2.24, 2.45) is 5.41 Å². The first-order valence-electron chi connectivity index (χ1n) is 18.9. The molecule has 268 valence electrons. The molecule has 1 amide bonds. The summed E-state index contributed by atoms with van der Waals surface area (Å²) in [5.74, 6) is -0.542. The molecule has 0 atom stereocenters. The highest BCUT2D eigenvalue weighted by atomic mass is 16.4. The Kier molecular flexibility index (Phi) is 9.59. The third kappa shape index (κ3) is 6.62. The zero-order chi connectivity index (χ0) is 36.5. The van der Waals surface area contributed by atoms with Gasteiger partial charge in [0.25, 0.3) is 0 Å². The molecule has 9 rings (SSSR count). The fourth-order valence-corrected chi connectivity index (χ4v) is 8.64.